The summed E-state index contributed by atoms with van der Waals surface area (Å²) in [5.74, 6) is 1.00. The van der Waals surface area contributed by atoms with Crippen LogP contribution < -0.4 is 20.7 Å². The van der Waals surface area contributed by atoms with Crippen LogP contribution >= 0.6 is 0 Å². The molecule has 1 fully saturated rings. The number of carbonyl (C=O) groups is 1. The van der Waals surface area contributed by atoms with Crippen molar-refractivity contribution in [2.75, 3.05) is 28.6 Å². The number of nitrogens with zero attached hydrogens (tertiary/aromatic N) is 5. The molecule has 5 rings (SSSR count). The van der Waals surface area contributed by atoms with E-state index in [0.717, 1.165) is 16.9 Å². The standard InChI is InChI=1S/C20H24N8O3S/c1-20(2)14-4-3-12(11-15(14)24-18(20)29)23-19-25-17-16(22-7-10-28(17)26-19)27-8-5-13(6-9-27)32(21,30)31/h3-4,7,10-11,13H,5-6,8-9H2,1-2H3,(H,23,26)(H,24,29)(H2,21,30,31). The average Bonchev–Trinajstić information content (AvgIpc) is 3.24. The second kappa shape index (κ2) is 7.14. The van der Waals surface area contributed by atoms with Gasteiger partial charge in [-0.2, -0.15) is 4.98 Å². The highest BCUT2D eigenvalue weighted by molar-refractivity contribution is 7.89. The zero-order chi connectivity index (χ0) is 22.7. The third kappa shape index (κ3) is 3.45. The first-order valence-electron chi connectivity index (χ1n) is 10.3. The van der Waals surface area contributed by atoms with Gasteiger partial charge in [0.15, 0.2) is 11.5 Å². The van der Waals surface area contributed by atoms with Crippen molar-refractivity contribution < 1.29 is 13.2 Å². The molecule has 0 aliphatic carbocycles. The number of hydrogen-bond acceptors (Lipinski definition) is 8. The maximum Gasteiger partial charge on any atom is 0.247 e. The Morgan fingerprint density at radius 3 is 2.72 bits per heavy atom. The summed E-state index contributed by atoms with van der Waals surface area (Å²) in [4.78, 5) is 23.2. The quantitative estimate of drug-likeness (QED) is 0.533. The van der Waals surface area contributed by atoms with Crippen molar-refractivity contribution in [3.63, 3.8) is 0 Å². The fourth-order valence-corrected chi connectivity index (χ4v) is 5.14. The Bertz CT molecular complexity index is 1330. The number of primary sulfonamides is 1. The van der Waals surface area contributed by atoms with Gasteiger partial charge < -0.3 is 15.5 Å². The molecular formula is C20H24N8O3S. The lowest BCUT2D eigenvalue weighted by Gasteiger charge is -2.31. The normalized spacial score (nSPS) is 18.6. The minimum atomic E-state index is -3.54. The van der Waals surface area contributed by atoms with Gasteiger partial charge in [-0.15, -0.1) is 5.10 Å². The Hall–Kier alpha value is -3.25. The molecule has 0 bridgehead atoms. The van der Waals surface area contributed by atoms with Crippen molar-refractivity contribution in [3.05, 3.63) is 36.2 Å². The topological polar surface area (TPSA) is 148 Å². The molecule has 11 nitrogen and oxygen atoms in total. The molecule has 32 heavy (non-hydrogen) atoms. The van der Waals surface area contributed by atoms with Gasteiger partial charge in [-0.1, -0.05) is 6.07 Å². The SMILES string of the molecule is CC1(C)C(=O)Nc2cc(Nc3nc4c(N5CCC(S(N)(=O)=O)CC5)nccn4n3)ccc21. The lowest BCUT2D eigenvalue weighted by atomic mass is 9.86. The number of carbonyl (C=O) groups excluding carboxylic acids is 1. The third-order valence-electron chi connectivity index (χ3n) is 6.21. The molecule has 168 valence electrons. The molecule has 1 saturated heterocycles. The van der Waals surface area contributed by atoms with E-state index in [0.29, 0.717) is 43.3 Å². The second-order valence-electron chi connectivity index (χ2n) is 8.69. The van der Waals surface area contributed by atoms with Crippen LogP contribution in [0.5, 0.6) is 0 Å². The Kier molecular flexibility index (Phi) is 4.60. The van der Waals surface area contributed by atoms with Crippen LogP contribution in [0.25, 0.3) is 5.65 Å². The largest absolute Gasteiger partial charge is 0.353 e. The van der Waals surface area contributed by atoms with Gasteiger partial charge in [0.05, 0.1) is 10.7 Å². The van der Waals surface area contributed by atoms with Gasteiger partial charge >= 0.3 is 0 Å². The van der Waals surface area contributed by atoms with E-state index >= 15 is 0 Å². The minimum Gasteiger partial charge on any atom is -0.353 e. The Balaban J connectivity index is 1.39. The summed E-state index contributed by atoms with van der Waals surface area (Å²) in [5.41, 5.74) is 2.48. The molecule has 0 radical (unpaired) electrons. The lowest BCUT2D eigenvalue weighted by Crippen LogP contribution is -2.42. The van der Waals surface area contributed by atoms with E-state index < -0.39 is 20.7 Å². The number of sulfonamides is 1. The van der Waals surface area contributed by atoms with Crippen LogP contribution in [0.1, 0.15) is 32.3 Å². The fourth-order valence-electron chi connectivity index (χ4n) is 4.28. The highest BCUT2D eigenvalue weighted by Gasteiger charge is 2.38. The summed E-state index contributed by atoms with van der Waals surface area (Å²) in [6.45, 7) is 4.82. The second-order valence-corrected chi connectivity index (χ2v) is 10.5. The van der Waals surface area contributed by atoms with Gasteiger partial charge in [0, 0.05) is 36.9 Å². The van der Waals surface area contributed by atoms with Crippen LogP contribution in [-0.2, 0) is 20.2 Å². The molecule has 0 atom stereocenters. The van der Waals surface area contributed by atoms with E-state index in [4.69, 9.17) is 5.14 Å². The lowest BCUT2D eigenvalue weighted by molar-refractivity contribution is -0.119. The molecule has 0 unspecified atom stereocenters. The van der Waals surface area contributed by atoms with Crippen molar-refractivity contribution in [1.82, 2.24) is 19.6 Å². The van der Waals surface area contributed by atoms with Crippen molar-refractivity contribution in [2.45, 2.75) is 37.4 Å². The summed E-state index contributed by atoms with van der Waals surface area (Å²) in [5, 5.41) is 15.3. The molecule has 2 aliphatic heterocycles. The number of anilines is 4. The van der Waals surface area contributed by atoms with Gasteiger partial charge in [-0.3, -0.25) is 4.79 Å². The number of nitrogens with one attached hydrogen (secondary N) is 2. The molecule has 2 aliphatic rings. The van der Waals surface area contributed by atoms with E-state index in [1.54, 1.807) is 16.9 Å². The number of hydrogen-bond donors (Lipinski definition) is 3. The summed E-state index contributed by atoms with van der Waals surface area (Å²) < 4.78 is 24.9. The number of piperidine rings is 1. The summed E-state index contributed by atoms with van der Waals surface area (Å²) in [6.07, 6.45) is 4.23. The Morgan fingerprint density at radius 2 is 2.00 bits per heavy atom. The fraction of sp³-hybridized carbons (Fsp3) is 0.400. The summed E-state index contributed by atoms with van der Waals surface area (Å²) in [7, 11) is -3.54. The summed E-state index contributed by atoms with van der Waals surface area (Å²) >= 11 is 0. The van der Waals surface area contributed by atoms with E-state index in [2.05, 4.69) is 25.7 Å². The van der Waals surface area contributed by atoms with Gasteiger partial charge in [0.1, 0.15) is 0 Å². The van der Waals surface area contributed by atoms with Crippen molar-refractivity contribution in [3.8, 4) is 0 Å². The van der Waals surface area contributed by atoms with Crippen LogP contribution in [-0.4, -0.2) is 52.2 Å². The van der Waals surface area contributed by atoms with Crippen molar-refractivity contribution in [1.29, 1.82) is 0 Å². The molecular weight excluding hydrogens is 432 g/mol. The van der Waals surface area contributed by atoms with Gasteiger partial charge in [0.2, 0.25) is 21.9 Å². The van der Waals surface area contributed by atoms with Gasteiger partial charge in [-0.25, -0.2) is 23.1 Å². The molecule has 1 aromatic carbocycles. The number of fused-ring (bicyclic) bond motifs is 2. The number of rotatable bonds is 4. The average molecular weight is 457 g/mol. The van der Waals surface area contributed by atoms with E-state index in [9.17, 15) is 13.2 Å². The highest BCUT2D eigenvalue weighted by atomic mass is 32.2. The Morgan fingerprint density at radius 1 is 1.25 bits per heavy atom. The van der Waals surface area contributed by atoms with Gasteiger partial charge in [-0.05, 0) is 44.4 Å². The monoisotopic (exact) mass is 456 g/mol. The van der Waals surface area contributed by atoms with E-state index in [1.807, 2.05) is 36.9 Å². The van der Waals surface area contributed by atoms with Crippen LogP contribution in [0.3, 0.4) is 0 Å². The molecule has 1 amide bonds. The molecule has 12 heteroatoms. The first kappa shape index (κ1) is 20.6. The molecule has 4 N–H and O–H groups in total. The third-order valence-corrected chi connectivity index (χ3v) is 7.61. The maximum absolute atomic E-state index is 12.2. The zero-order valence-corrected chi connectivity index (χ0v) is 18.6. The maximum atomic E-state index is 12.2. The zero-order valence-electron chi connectivity index (χ0n) is 17.7. The molecule has 3 aromatic rings. The number of aromatic nitrogens is 4. The van der Waals surface area contributed by atoms with Crippen LogP contribution in [0.2, 0.25) is 0 Å². The number of nitrogens with two attached hydrogens (primary N) is 1. The predicted molar refractivity (Wildman–Crippen MR) is 121 cm³/mol. The molecule has 0 saturated carbocycles. The molecule has 4 heterocycles. The smallest absolute Gasteiger partial charge is 0.247 e. The number of amides is 1. The van der Waals surface area contributed by atoms with Crippen molar-refractivity contribution in [2.24, 2.45) is 5.14 Å². The number of benzene rings is 1. The first-order chi connectivity index (χ1) is 15.1. The van der Waals surface area contributed by atoms with E-state index in [-0.39, 0.29) is 5.91 Å². The van der Waals surface area contributed by atoms with Crippen LogP contribution in [0.4, 0.5) is 23.1 Å². The molecule has 0 spiro atoms. The predicted octanol–water partition coefficient (Wildman–Crippen LogP) is 1.35. The van der Waals surface area contributed by atoms with Crippen molar-refractivity contribution >= 4 is 44.7 Å². The minimum absolute atomic E-state index is 0.0302. The Labute approximate surface area is 185 Å². The van der Waals surface area contributed by atoms with E-state index in [1.165, 1.54) is 0 Å². The van der Waals surface area contributed by atoms with Crippen LogP contribution in [0, 0.1) is 0 Å². The summed E-state index contributed by atoms with van der Waals surface area (Å²) in [6, 6.07) is 5.68. The highest BCUT2D eigenvalue weighted by Crippen LogP contribution is 2.39. The molecule has 2 aromatic heterocycles. The first-order valence-corrected chi connectivity index (χ1v) is 11.9. The van der Waals surface area contributed by atoms with Crippen LogP contribution in [0.15, 0.2) is 30.6 Å². The van der Waals surface area contributed by atoms with Gasteiger partial charge in [0.25, 0.3) is 0 Å².